The number of nitrogens with two attached hydrogens (primary N) is 1. The van der Waals surface area contributed by atoms with E-state index < -0.39 is 11.9 Å². The number of halogens is 1. The summed E-state index contributed by atoms with van der Waals surface area (Å²) in [6, 6.07) is 4.24. The van der Waals surface area contributed by atoms with Crippen molar-refractivity contribution < 1.29 is 23.8 Å². The van der Waals surface area contributed by atoms with E-state index in [9.17, 15) is 14.0 Å². The Bertz CT molecular complexity index is 519. The first-order chi connectivity index (χ1) is 9.44. The minimum Gasteiger partial charge on any atom is -0.488 e. The number of primary amides is 1. The van der Waals surface area contributed by atoms with Crippen molar-refractivity contribution in [3.8, 4) is 5.75 Å². The highest BCUT2D eigenvalue weighted by molar-refractivity contribution is 5.77. The lowest BCUT2D eigenvalue weighted by Crippen LogP contribution is -2.42. The van der Waals surface area contributed by atoms with Crippen molar-refractivity contribution in [2.75, 3.05) is 19.6 Å². The second-order valence-corrected chi connectivity index (χ2v) is 4.73. The Balaban J connectivity index is 1.99. The largest absolute Gasteiger partial charge is 0.488 e. The van der Waals surface area contributed by atoms with Crippen molar-refractivity contribution in [2.24, 2.45) is 5.73 Å². The second-order valence-electron chi connectivity index (χ2n) is 4.73. The van der Waals surface area contributed by atoms with Gasteiger partial charge in [-0.05, 0) is 18.2 Å². The predicted octanol–water partition coefficient (Wildman–Crippen LogP) is 0.00110. The Hall–Kier alpha value is -2.15. The number of carbonyl (C=O) groups is 2. The molecule has 1 aromatic carbocycles. The maximum Gasteiger partial charge on any atom is 0.317 e. The lowest BCUT2D eigenvalue weighted by molar-refractivity contribution is -0.138. The molecule has 1 heterocycles. The van der Waals surface area contributed by atoms with Crippen molar-refractivity contribution in [3.05, 3.63) is 29.6 Å². The second kappa shape index (κ2) is 5.87. The van der Waals surface area contributed by atoms with E-state index in [1.807, 2.05) is 0 Å². The average molecular weight is 282 g/mol. The number of carboxylic acid groups (broad SMARTS) is 1. The highest BCUT2D eigenvalue weighted by Crippen LogP contribution is 2.29. The van der Waals surface area contributed by atoms with E-state index in [1.54, 1.807) is 6.07 Å². The molecule has 0 aliphatic carbocycles. The van der Waals surface area contributed by atoms with Crippen molar-refractivity contribution in [1.82, 2.24) is 4.90 Å². The summed E-state index contributed by atoms with van der Waals surface area (Å²) in [6.07, 6.45) is 0.160. The van der Waals surface area contributed by atoms with Crippen LogP contribution in [0.4, 0.5) is 4.39 Å². The SMILES string of the molecule is NC(=O)CN(CC(=O)O)CC1Cc2cc(F)ccc2O1. The van der Waals surface area contributed by atoms with Crippen molar-refractivity contribution >= 4 is 11.9 Å². The first-order valence-electron chi connectivity index (χ1n) is 6.11. The van der Waals surface area contributed by atoms with Crippen molar-refractivity contribution in [3.63, 3.8) is 0 Å². The van der Waals surface area contributed by atoms with Gasteiger partial charge in [-0.3, -0.25) is 14.5 Å². The molecule has 0 radical (unpaired) electrons. The Labute approximate surface area is 114 Å². The normalized spacial score (nSPS) is 16.8. The summed E-state index contributed by atoms with van der Waals surface area (Å²) >= 11 is 0. The van der Waals surface area contributed by atoms with Crippen molar-refractivity contribution in [1.29, 1.82) is 0 Å². The molecule has 108 valence electrons. The minimum absolute atomic E-state index is 0.156. The summed E-state index contributed by atoms with van der Waals surface area (Å²) < 4.78 is 18.7. The molecule has 0 fully saturated rings. The molecule has 0 aromatic heterocycles. The summed E-state index contributed by atoms with van der Waals surface area (Å²) in [5, 5.41) is 8.80. The van der Waals surface area contributed by atoms with Crippen LogP contribution in [0.25, 0.3) is 0 Å². The highest BCUT2D eigenvalue weighted by Gasteiger charge is 2.26. The van der Waals surface area contributed by atoms with Gasteiger partial charge in [-0.2, -0.15) is 0 Å². The third-order valence-electron chi connectivity index (χ3n) is 2.96. The van der Waals surface area contributed by atoms with Crippen LogP contribution in [-0.2, 0) is 16.0 Å². The summed E-state index contributed by atoms with van der Waals surface area (Å²) in [5.41, 5.74) is 5.82. The summed E-state index contributed by atoms with van der Waals surface area (Å²) in [4.78, 5) is 23.1. The van der Waals surface area contributed by atoms with Gasteiger partial charge in [-0.15, -0.1) is 0 Å². The number of ether oxygens (including phenoxy) is 1. The molecule has 1 aliphatic rings. The first kappa shape index (κ1) is 14.3. The number of benzene rings is 1. The molecule has 3 N–H and O–H groups in total. The maximum atomic E-state index is 13.1. The molecule has 1 aromatic rings. The smallest absolute Gasteiger partial charge is 0.317 e. The van der Waals surface area contributed by atoms with E-state index in [4.69, 9.17) is 15.6 Å². The highest BCUT2D eigenvalue weighted by atomic mass is 19.1. The number of fused-ring (bicyclic) bond motifs is 1. The van der Waals surface area contributed by atoms with E-state index in [1.165, 1.54) is 17.0 Å². The third kappa shape index (κ3) is 3.67. The van der Waals surface area contributed by atoms with Gasteiger partial charge in [-0.1, -0.05) is 0 Å². The van der Waals surface area contributed by atoms with Gasteiger partial charge in [-0.25, -0.2) is 4.39 Å². The van der Waals surface area contributed by atoms with E-state index in [-0.39, 0.29) is 31.6 Å². The van der Waals surface area contributed by atoms with Crippen LogP contribution in [0.1, 0.15) is 5.56 Å². The fraction of sp³-hybridized carbons (Fsp3) is 0.385. The monoisotopic (exact) mass is 282 g/mol. The molecule has 1 unspecified atom stereocenters. The topological polar surface area (TPSA) is 92.9 Å². The van der Waals surface area contributed by atoms with Crippen LogP contribution >= 0.6 is 0 Å². The summed E-state index contributed by atoms with van der Waals surface area (Å²) in [7, 11) is 0. The molecule has 1 atom stereocenters. The first-order valence-corrected chi connectivity index (χ1v) is 6.11. The number of rotatable bonds is 6. The molecule has 0 spiro atoms. The molecular formula is C13H15FN2O4. The van der Waals surface area contributed by atoms with Gasteiger partial charge in [0.15, 0.2) is 0 Å². The lowest BCUT2D eigenvalue weighted by atomic mass is 10.1. The Morgan fingerprint density at radius 3 is 2.85 bits per heavy atom. The van der Waals surface area contributed by atoms with Gasteiger partial charge < -0.3 is 15.6 Å². The summed E-state index contributed by atoms with van der Waals surface area (Å²) in [6.45, 7) is -0.212. The van der Waals surface area contributed by atoms with Gasteiger partial charge >= 0.3 is 5.97 Å². The van der Waals surface area contributed by atoms with Crippen LogP contribution in [0.2, 0.25) is 0 Å². The fourth-order valence-electron chi connectivity index (χ4n) is 2.28. The van der Waals surface area contributed by atoms with Crippen LogP contribution in [0.3, 0.4) is 0 Å². The predicted molar refractivity (Wildman–Crippen MR) is 67.8 cm³/mol. The lowest BCUT2D eigenvalue weighted by Gasteiger charge is -2.22. The number of carbonyl (C=O) groups excluding carboxylic acids is 1. The molecule has 1 aliphatic heterocycles. The van der Waals surface area contributed by atoms with Gasteiger partial charge in [0.25, 0.3) is 0 Å². The van der Waals surface area contributed by atoms with Crippen LogP contribution < -0.4 is 10.5 Å². The van der Waals surface area contributed by atoms with Gasteiger partial charge in [0, 0.05) is 18.5 Å². The number of hydrogen-bond donors (Lipinski definition) is 2. The molecule has 20 heavy (non-hydrogen) atoms. The number of hydrogen-bond acceptors (Lipinski definition) is 4. The average Bonchev–Trinajstić information content (AvgIpc) is 2.68. The molecule has 2 rings (SSSR count). The van der Waals surface area contributed by atoms with Crippen LogP contribution in [0.5, 0.6) is 5.75 Å². The van der Waals surface area contributed by atoms with E-state index in [0.717, 1.165) is 5.56 Å². The molecule has 0 bridgehead atoms. The molecule has 6 nitrogen and oxygen atoms in total. The number of carboxylic acids is 1. The van der Waals surface area contributed by atoms with E-state index >= 15 is 0 Å². The van der Waals surface area contributed by atoms with Gasteiger partial charge in [0.05, 0.1) is 13.1 Å². The zero-order chi connectivity index (χ0) is 14.7. The molecular weight excluding hydrogens is 267 g/mol. The Kier molecular flexibility index (Phi) is 4.19. The van der Waals surface area contributed by atoms with Gasteiger partial charge in [0.1, 0.15) is 17.7 Å². The van der Waals surface area contributed by atoms with Crippen LogP contribution in [0.15, 0.2) is 18.2 Å². The molecule has 0 saturated carbocycles. The Morgan fingerprint density at radius 1 is 1.45 bits per heavy atom. The number of nitrogens with zero attached hydrogens (tertiary/aromatic N) is 1. The standard InChI is InChI=1S/C13H15FN2O4/c14-9-1-2-11-8(3-9)4-10(20-11)5-16(6-12(15)17)7-13(18)19/h1-3,10H,4-7H2,(H2,15,17)(H,18,19). The molecule has 0 saturated heterocycles. The van der Waals surface area contributed by atoms with E-state index in [2.05, 4.69) is 0 Å². The van der Waals surface area contributed by atoms with E-state index in [0.29, 0.717) is 12.2 Å². The van der Waals surface area contributed by atoms with Gasteiger partial charge in [0.2, 0.25) is 5.91 Å². The Morgan fingerprint density at radius 2 is 2.20 bits per heavy atom. The zero-order valence-corrected chi connectivity index (χ0v) is 10.7. The summed E-state index contributed by atoms with van der Waals surface area (Å²) in [5.74, 6) is -1.40. The fourth-order valence-corrected chi connectivity index (χ4v) is 2.28. The zero-order valence-electron chi connectivity index (χ0n) is 10.7. The third-order valence-corrected chi connectivity index (χ3v) is 2.96. The van der Waals surface area contributed by atoms with Crippen LogP contribution in [0, 0.1) is 5.82 Å². The molecule has 1 amide bonds. The number of amides is 1. The van der Waals surface area contributed by atoms with Crippen LogP contribution in [-0.4, -0.2) is 47.6 Å². The molecule has 7 heteroatoms. The number of aliphatic carboxylic acids is 1. The maximum absolute atomic E-state index is 13.1. The van der Waals surface area contributed by atoms with Crippen molar-refractivity contribution in [2.45, 2.75) is 12.5 Å². The minimum atomic E-state index is -1.05. The quantitative estimate of drug-likeness (QED) is 0.766.